The SMILES string of the molecule is COc1cc(OCCC2CCC3C4C(CCC23C)c2ccc(O)cc2C[C@H]4C)ccc1CN1CCCCC1. The molecule has 4 aliphatic rings. The largest absolute Gasteiger partial charge is 0.508 e. The second-order valence-electron chi connectivity index (χ2n) is 13.1. The molecule has 3 aliphatic carbocycles. The lowest BCUT2D eigenvalue weighted by Gasteiger charge is -2.53. The van der Waals surface area contributed by atoms with Crippen molar-refractivity contribution >= 4 is 0 Å². The summed E-state index contributed by atoms with van der Waals surface area (Å²) in [5.41, 5.74) is 4.60. The lowest BCUT2D eigenvalue weighted by Crippen LogP contribution is -2.45. The smallest absolute Gasteiger partial charge is 0.127 e. The molecule has 0 bridgehead atoms. The van der Waals surface area contributed by atoms with Crippen molar-refractivity contribution in [2.75, 3.05) is 26.8 Å². The predicted molar refractivity (Wildman–Crippen MR) is 153 cm³/mol. The van der Waals surface area contributed by atoms with Crippen molar-refractivity contribution in [1.29, 1.82) is 0 Å². The van der Waals surface area contributed by atoms with Gasteiger partial charge in [0.25, 0.3) is 0 Å². The Hall–Kier alpha value is -2.20. The number of likely N-dealkylation sites (tertiary alicyclic amines) is 1. The molecule has 4 nitrogen and oxygen atoms in total. The first-order valence-electron chi connectivity index (χ1n) is 15.3. The van der Waals surface area contributed by atoms with Gasteiger partial charge in [-0.05, 0) is 129 Å². The van der Waals surface area contributed by atoms with E-state index in [1.54, 1.807) is 7.11 Å². The van der Waals surface area contributed by atoms with E-state index < -0.39 is 0 Å². The lowest BCUT2D eigenvalue weighted by molar-refractivity contribution is 0.000913. The van der Waals surface area contributed by atoms with Crippen LogP contribution in [0, 0.1) is 29.1 Å². The summed E-state index contributed by atoms with van der Waals surface area (Å²) in [5.74, 6) is 5.98. The highest BCUT2D eigenvalue weighted by Gasteiger charge is 2.55. The van der Waals surface area contributed by atoms with Gasteiger partial charge in [0.1, 0.15) is 17.2 Å². The fraction of sp³-hybridized carbons (Fsp3) is 0.647. The number of benzene rings is 2. The van der Waals surface area contributed by atoms with E-state index in [-0.39, 0.29) is 0 Å². The molecule has 0 aromatic heterocycles. The molecule has 1 aliphatic heterocycles. The van der Waals surface area contributed by atoms with Crippen molar-refractivity contribution in [2.45, 2.75) is 84.1 Å². The molecule has 0 spiro atoms. The highest BCUT2D eigenvalue weighted by Crippen LogP contribution is 2.64. The first kappa shape index (κ1) is 26.0. The third kappa shape index (κ3) is 4.83. The van der Waals surface area contributed by atoms with Crippen LogP contribution in [-0.2, 0) is 13.0 Å². The van der Waals surface area contributed by atoms with Crippen LogP contribution in [0.2, 0.25) is 0 Å². The van der Waals surface area contributed by atoms with Crippen molar-refractivity contribution in [3.05, 3.63) is 53.1 Å². The van der Waals surface area contributed by atoms with Crippen LogP contribution in [0.4, 0.5) is 0 Å². The van der Waals surface area contributed by atoms with E-state index in [0.29, 0.717) is 23.0 Å². The summed E-state index contributed by atoms with van der Waals surface area (Å²) in [7, 11) is 1.78. The Morgan fingerprint density at radius 3 is 2.68 bits per heavy atom. The fourth-order valence-corrected chi connectivity index (χ4v) is 9.17. The summed E-state index contributed by atoms with van der Waals surface area (Å²) in [4.78, 5) is 2.55. The molecule has 6 rings (SSSR count). The van der Waals surface area contributed by atoms with Crippen LogP contribution in [0.3, 0.4) is 0 Å². The zero-order valence-corrected chi connectivity index (χ0v) is 23.8. The molecule has 206 valence electrons. The third-order valence-electron chi connectivity index (χ3n) is 11.1. The number of rotatable bonds is 7. The maximum absolute atomic E-state index is 10.1. The summed E-state index contributed by atoms with van der Waals surface area (Å²) in [5, 5.41) is 10.1. The molecule has 0 radical (unpaired) electrons. The van der Waals surface area contributed by atoms with Gasteiger partial charge in [0.15, 0.2) is 0 Å². The molecule has 3 fully saturated rings. The van der Waals surface area contributed by atoms with Gasteiger partial charge in [-0.3, -0.25) is 4.90 Å². The summed E-state index contributed by atoms with van der Waals surface area (Å²) >= 11 is 0. The third-order valence-corrected chi connectivity index (χ3v) is 11.1. The van der Waals surface area contributed by atoms with E-state index in [2.05, 4.69) is 43.0 Å². The zero-order valence-electron chi connectivity index (χ0n) is 23.8. The van der Waals surface area contributed by atoms with Crippen LogP contribution in [0.5, 0.6) is 17.2 Å². The first-order chi connectivity index (χ1) is 18.5. The number of fused-ring (bicyclic) bond motifs is 5. The Morgan fingerprint density at radius 1 is 1.03 bits per heavy atom. The van der Waals surface area contributed by atoms with Gasteiger partial charge in [0, 0.05) is 18.2 Å². The maximum Gasteiger partial charge on any atom is 0.127 e. The normalized spacial score (nSPS) is 32.8. The average Bonchev–Trinajstić information content (AvgIpc) is 3.25. The maximum atomic E-state index is 10.1. The Morgan fingerprint density at radius 2 is 1.87 bits per heavy atom. The van der Waals surface area contributed by atoms with Crippen molar-refractivity contribution in [2.24, 2.45) is 29.1 Å². The van der Waals surface area contributed by atoms with E-state index >= 15 is 0 Å². The number of hydrogen-bond acceptors (Lipinski definition) is 4. The molecule has 5 unspecified atom stereocenters. The topological polar surface area (TPSA) is 41.9 Å². The number of piperidine rings is 1. The molecule has 0 amide bonds. The fourth-order valence-electron chi connectivity index (χ4n) is 9.17. The quantitative estimate of drug-likeness (QED) is 0.411. The molecule has 2 aromatic rings. The van der Waals surface area contributed by atoms with Crippen molar-refractivity contribution in [3.8, 4) is 17.2 Å². The van der Waals surface area contributed by atoms with Gasteiger partial charge in [0.05, 0.1) is 13.7 Å². The number of aromatic hydroxyl groups is 1. The van der Waals surface area contributed by atoms with E-state index in [0.717, 1.165) is 55.2 Å². The number of phenolic OH excluding ortho intramolecular Hbond substituents is 1. The predicted octanol–water partition coefficient (Wildman–Crippen LogP) is 7.57. The Kier molecular flexibility index (Phi) is 7.37. The summed E-state index contributed by atoms with van der Waals surface area (Å²) in [6, 6.07) is 12.6. The standard InChI is InChI=1S/C34H47NO3/c1-23-19-25-20-27(36)9-11-29(25)30-13-15-34(2)26(8-12-31(34)33(23)30)14-18-38-28-10-7-24(32(21-28)37-3)22-35-16-5-4-6-17-35/h7,9-11,20-21,23,26,30-31,33,36H,4-6,8,12-19,22H2,1-3H3/t23-,26?,30?,31?,33?,34?/m1/s1. The summed E-state index contributed by atoms with van der Waals surface area (Å²) in [6.45, 7) is 9.21. The van der Waals surface area contributed by atoms with Crippen LogP contribution in [0.1, 0.15) is 87.8 Å². The number of hydrogen-bond donors (Lipinski definition) is 1. The van der Waals surface area contributed by atoms with E-state index in [1.165, 1.54) is 74.7 Å². The lowest BCUT2D eigenvalue weighted by atomic mass is 9.51. The van der Waals surface area contributed by atoms with Crippen molar-refractivity contribution in [3.63, 3.8) is 0 Å². The van der Waals surface area contributed by atoms with Gasteiger partial charge in [-0.1, -0.05) is 32.4 Å². The number of ether oxygens (including phenoxy) is 2. The molecule has 4 heteroatoms. The van der Waals surface area contributed by atoms with Crippen LogP contribution >= 0.6 is 0 Å². The zero-order chi connectivity index (χ0) is 26.3. The van der Waals surface area contributed by atoms with Gasteiger partial charge in [-0.25, -0.2) is 0 Å². The molecule has 2 saturated carbocycles. The molecule has 6 atom stereocenters. The molecular formula is C34H47NO3. The minimum absolute atomic E-state index is 0.420. The second kappa shape index (κ2) is 10.8. The van der Waals surface area contributed by atoms with Gasteiger partial charge in [-0.2, -0.15) is 0 Å². The van der Waals surface area contributed by atoms with E-state index in [1.807, 2.05) is 12.1 Å². The minimum atomic E-state index is 0.420. The highest BCUT2D eigenvalue weighted by molar-refractivity contribution is 5.41. The molecule has 1 N–H and O–H groups in total. The number of nitrogens with zero attached hydrogens (tertiary/aromatic N) is 1. The Labute approximate surface area is 229 Å². The van der Waals surface area contributed by atoms with E-state index in [4.69, 9.17) is 9.47 Å². The minimum Gasteiger partial charge on any atom is -0.508 e. The van der Waals surface area contributed by atoms with Crippen LogP contribution in [0.15, 0.2) is 36.4 Å². The molecular weight excluding hydrogens is 470 g/mol. The number of methoxy groups -OCH3 is 1. The Bertz CT molecular complexity index is 1120. The van der Waals surface area contributed by atoms with Crippen LogP contribution in [-0.4, -0.2) is 36.8 Å². The van der Waals surface area contributed by atoms with Gasteiger partial charge in [0.2, 0.25) is 0 Å². The average molecular weight is 518 g/mol. The van der Waals surface area contributed by atoms with Crippen LogP contribution in [0.25, 0.3) is 0 Å². The highest BCUT2D eigenvalue weighted by atomic mass is 16.5. The molecule has 1 heterocycles. The summed E-state index contributed by atoms with van der Waals surface area (Å²) in [6.07, 6.45) is 11.5. The van der Waals surface area contributed by atoms with Crippen LogP contribution < -0.4 is 9.47 Å². The monoisotopic (exact) mass is 517 g/mol. The van der Waals surface area contributed by atoms with Crippen molar-refractivity contribution in [1.82, 2.24) is 4.90 Å². The summed E-state index contributed by atoms with van der Waals surface area (Å²) < 4.78 is 12.1. The molecule has 1 saturated heterocycles. The molecule has 2 aromatic carbocycles. The van der Waals surface area contributed by atoms with Crippen molar-refractivity contribution < 1.29 is 14.6 Å². The van der Waals surface area contributed by atoms with Gasteiger partial charge >= 0.3 is 0 Å². The molecule has 38 heavy (non-hydrogen) atoms. The Balaban J connectivity index is 1.08. The first-order valence-corrected chi connectivity index (χ1v) is 15.3. The van der Waals surface area contributed by atoms with E-state index in [9.17, 15) is 5.11 Å². The number of phenols is 1. The van der Waals surface area contributed by atoms with Gasteiger partial charge in [-0.15, -0.1) is 0 Å². The van der Waals surface area contributed by atoms with Gasteiger partial charge < -0.3 is 14.6 Å². The second-order valence-corrected chi connectivity index (χ2v) is 13.1.